The van der Waals surface area contributed by atoms with Crippen molar-refractivity contribution < 1.29 is 33.0 Å². The van der Waals surface area contributed by atoms with Crippen LogP contribution < -0.4 is 0 Å². The van der Waals surface area contributed by atoms with Crippen LogP contribution in [0, 0.1) is 6.92 Å². The van der Waals surface area contributed by atoms with Gasteiger partial charge in [0.1, 0.15) is 6.54 Å². The minimum absolute atomic E-state index is 0.0131. The van der Waals surface area contributed by atoms with Crippen LogP contribution in [0.3, 0.4) is 0 Å². The van der Waals surface area contributed by atoms with E-state index in [9.17, 15) is 18.0 Å². The van der Waals surface area contributed by atoms with Crippen molar-refractivity contribution in [2.24, 2.45) is 0 Å². The zero-order valence-electron chi connectivity index (χ0n) is 8.60. The van der Waals surface area contributed by atoms with E-state index >= 15 is 0 Å². The van der Waals surface area contributed by atoms with Crippen LogP contribution in [-0.2, 0) is 16.1 Å². The largest absolute Gasteiger partial charge is 0.490 e. The number of rotatable bonds is 2. The van der Waals surface area contributed by atoms with Gasteiger partial charge >= 0.3 is 18.1 Å². The summed E-state index contributed by atoms with van der Waals surface area (Å²) in [4.78, 5) is 22.9. The fourth-order valence-electron chi connectivity index (χ4n) is 0.715. The molecule has 6 nitrogen and oxygen atoms in total. The summed E-state index contributed by atoms with van der Waals surface area (Å²) < 4.78 is 33.3. The Morgan fingerprint density at radius 3 is 2.12 bits per heavy atom. The van der Waals surface area contributed by atoms with Gasteiger partial charge in [-0.1, -0.05) is 0 Å². The molecule has 0 radical (unpaired) electrons. The fraction of sp³-hybridized carbons (Fsp3) is 0.375. The maximum absolute atomic E-state index is 10.6. The average molecular weight is 254 g/mol. The molecule has 0 saturated carbocycles. The van der Waals surface area contributed by atoms with E-state index in [1.807, 2.05) is 6.92 Å². The van der Waals surface area contributed by atoms with Crippen molar-refractivity contribution in [1.29, 1.82) is 0 Å². The molecule has 9 heteroatoms. The zero-order valence-corrected chi connectivity index (χ0v) is 8.60. The highest BCUT2D eigenvalue weighted by Gasteiger charge is 2.38. The van der Waals surface area contributed by atoms with E-state index in [1.54, 1.807) is 6.20 Å². The van der Waals surface area contributed by atoms with Gasteiger partial charge < -0.3 is 14.8 Å². The van der Waals surface area contributed by atoms with E-state index in [0.29, 0.717) is 0 Å². The number of aryl methyl sites for hydroxylation is 1. The van der Waals surface area contributed by atoms with Crippen LogP contribution in [-0.4, -0.2) is 37.9 Å². The zero-order chi connectivity index (χ0) is 13.6. The molecular formula is C8H9F3N2O4. The molecule has 1 rings (SSSR count). The fourth-order valence-corrected chi connectivity index (χ4v) is 0.715. The standard InChI is InChI=1S/C6H8N2O2.C2HF3O2/c1-5-2-8(4-7-5)3-6(9)10;3-2(4,5)1(6)7/h2,4H,3H2,1H3,(H,9,10);(H,6,7). The van der Waals surface area contributed by atoms with Crippen molar-refractivity contribution in [3.63, 3.8) is 0 Å². The molecule has 17 heavy (non-hydrogen) atoms. The van der Waals surface area contributed by atoms with E-state index in [2.05, 4.69) is 4.98 Å². The Hall–Kier alpha value is -2.06. The lowest BCUT2D eigenvalue weighted by molar-refractivity contribution is -0.192. The third-order valence-electron chi connectivity index (χ3n) is 1.32. The Morgan fingerprint density at radius 2 is 1.88 bits per heavy atom. The summed E-state index contributed by atoms with van der Waals surface area (Å²) >= 11 is 0. The summed E-state index contributed by atoms with van der Waals surface area (Å²) in [6.07, 6.45) is -1.89. The van der Waals surface area contributed by atoms with Crippen molar-refractivity contribution >= 4 is 11.9 Å². The maximum Gasteiger partial charge on any atom is 0.490 e. The number of nitrogens with zero attached hydrogens (tertiary/aromatic N) is 2. The second kappa shape index (κ2) is 5.87. The highest BCUT2D eigenvalue weighted by atomic mass is 19.4. The molecule has 0 aliphatic heterocycles. The van der Waals surface area contributed by atoms with Crippen LogP contribution in [0.4, 0.5) is 13.2 Å². The summed E-state index contributed by atoms with van der Waals surface area (Å²) in [6, 6.07) is 0. The van der Waals surface area contributed by atoms with Crippen LogP contribution in [0.2, 0.25) is 0 Å². The summed E-state index contributed by atoms with van der Waals surface area (Å²) in [5, 5.41) is 15.5. The maximum atomic E-state index is 10.6. The van der Waals surface area contributed by atoms with Crippen molar-refractivity contribution in [2.75, 3.05) is 0 Å². The van der Waals surface area contributed by atoms with Gasteiger partial charge in [0.25, 0.3) is 0 Å². The minimum atomic E-state index is -5.08. The van der Waals surface area contributed by atoms with Crippen molar-refractivity contribution in [3.05, 3.63) is 18.2 Å². The molecule has 0 spiro atoms. The predicted octanol–water partition coefficient (Wildman–Crippen LogP) is 0.909. The van der Waals surface area contributed by atoms with E-state index in [1.165, 1.54) is 10.9 Å². The van der Waals surface area contributed by atoms with Gasteiger partial charge in [-0.3, -0.25) is 4.79 Å². The molecule has 0 aromatic carbocycles. The predicted molar refractivity (Wildman–Crippen MR) is 48.3 cm³/mol. The van der Waals surface area contributed by atoms with Gasteiger partial charge in [-0.25, -0.2) is 9.78 Å². The lowest BCUT2D eigenvalue weighted by Crippen LogP contribution is -2.21. The molecule has 0 aliphatic rings. The smallest absolute Gasteiger partial charge is 0.480 e. The summed E-state index contributed by atoms with van der Waals surface area (Å²) in [7, 11) is 0. The number of aromatic nitrogens is 2. The molecule has 0 aliphatic carbocycles. The minimum Gasteiger partial charge on any atom is -0.480 e. The van der Waals surface area contributed by atoms with Gasteiger partial charge in [0, 0.05) is 6.20 Å². The summed E-state index contributed by atoms with van der Waals surface area (Å²) in [6.45, 7) is 1.80. The Morgan fingerprint density at radius 1 is 1.41 bits per heavy atom. The molecule has 0 fully saturated rings. The summed E-state index contributed by atoms with van der Waals surface area (Å²) in [5.41, 5.74) is 0.834. The monoisotopic (exact) mass is 254 g/mol. The highest BCUT2D eigenvalue weighted by Crippen LogP contribution is 2.13. The van der Waals surface area contributed by atoms with Crippen LogP contribution in [0.5, 0.6) is 0 Å². The van der Waals surface area contributed by atoms with Crippen LogP contribution in [0.25, 0.3) is 0 Å². The van der Waals surface area contributed by atoms with Crippen LogP contribution >= 0.6 is 0 Å². The molecule has 2 N–H and O–H groups in total. The van der Waals surface area contributed by atoms with E-state index in [0.717, 1.165) is 5.69 Å². The normalized spacial score (nSPS) is 10.4. The lowest BCUT2D eigenvalue weighted by Gasteiger charge is -1.93. The van der Waals surface area contributed by atoms with Gasteiger partial charge in [0.2, 0.25) is 0 Å². The van der Waals surface area contributed by atoms with Gasteiger partial charge in [-0.15, -0.1) is 0 Å². The SMILES string of the molecule is Cc1cn(CC(=O)O)cn1.O=C(O)C(F)(F)F. The Balaban J connectivity index is 0.000000325. The van der Waals surface area contributed by atoms with Gasteiger partial charge in [-0.05, 0) is 6.92 Å². The molecule has 0 saturated heterocycles. The van der Waals surface area contributed by atoms with Gasteiger partial charge in [-0.2, -0.15) is 13.2 Å². The first kappa shape index (κ1) is 14.9. The van der Waals surface area contributed by atoms with Crippen LogP contribution in [0.15, 0.2) is 12.5 Å². The van der Waals surface area contributed by atoms with Gasteiger partial charge in [0.15, 0.2) is 0 Å². The van der Waals surface area contributed by atoms with Gasteiger partial charge in [0.05, 0.1) is 12.0 Å². The number of aliphatic carboxylic acids is 2. The number of imidazole rings is 1. The Labute approximate surface area is 93.3 Å². The second-order valence-electron chi connectivity index (χ2n) is 2.88. The average Bonchev–Trinajstić information content (AvgIpc) is 2.49. The number of hydrogen-bond acceptors (Lipinski definition) is 3. The molecule has 0 atom stereocenters. The number of halogens is 3. The molecule has 0 amide bonds. The quantitative estimate of drug-likeness (QED) is 0.818. The topological polar surface area (TPSA) is 92.4 Å². The first-order valence-corrected chi connectivity index (χ1v) is 4.13. The number of carbonyl (C=O) groups is 2. The highest BCUT2D eigenvalue weighted by molar-refractivity contribution is 5.73. The third kappa shape index (κ3) is 6.93. The number of carboxylic acid groups (broad SMARTS) is 2. The molecule has 1 aromatic rings. The molecule has 96 valence electrons. The van der Waals surface area contributed by atoms with Crippen LogP contribution in [0.1, 0.15) is 5.69 Å². The molecule has 0 bridgehead atoms. The number of hydrogen-bond donors (Lipinski definition) is 2. The Kier molecular flexibility index (Phi) is 5.16. The number of alkyl halides is 3. The van der Waals surface area contributed by atoms with E-state index < -0.39 is 18.1 Å². The van der Waals surface area contributed by atoms with Crippen molar-refractivity contribution in [1.82, 2.24) is 9.55 Å². The number of carboxylic acids is 2. The van der Waals surface area contributed by atoms with Crippen molar-refractivity contribution in [2.45, 2.75) is 19.6 Å². The molecule has 0 unspecified atom stereocenters. The lowest BCUT2D eigenvalue weighted by atomic mass is 10.5. The first-order valence-electron chi connectivity index (χ1n) is 4.13. The van der Waals surface area contributed by atoms with Crippen molar-refractivity contribution in [3.8, 4) is 0 Å². The van der Waals surface area contributed by atoms with E-state index in [-0.39, 0.29) is 6.54 Å². The molecule has 1 heterocycles. The first-order chi connectivity index (χ1) is 7.62. The molecule has 1 aromatic heterocycles. The second-order valence-corrected chi connectivity index (χ2v) is 2.88. The molecular weight excluding hydrogens is 245 g/mol. The third-order valence-corrected chi connectivity index (χ3v) is 1.32. The summed E-state index contributed by atoms with van der Waals surface area (Å²) in [5.74, 6) is -3.61. The Bertz CT molecular complexity index is 400. The van der Waals surface area contributed by atoms with E-state index in [4.69, 9.17) is 15.0 Å².